The first-order valence-corrected chi connectivity index (χ1v) is 13.8. The molecule has 1 saturated carbocycles. The number of carbonyl (C=O) groups is 1. The maximum atomic E-state index is 12.1. The summed E-state index contributed by atoms with van der Waals surface area (Å²) in [7, 11) is 3.43. The second-order valence-corrected chi connectivity index (χ2v) is 10.9. The molecule has 2 N–H and O–H groups in total. The number of anilines is 1. The van der Waals surface area contributed by atoms with Gasteiger partial charge in [-0.2, -0.15) is 15.1 Å². The molecule has 2 aromatic carbocycles. The zero-order chi connectivity index (χ0) is 29.3. The van der Waals surface area contributed by atoms with Gasteiger partial charge in [-0.25, -0.2) is 4.98 Å². The molecule has 3 aromatic heterocycles. The highest BCUT2D eigenvalue weighted by molar-refractivity contribution is 5.75. The van der Waals surface area contributed by atoms with Gasteiger partial charge in [0.2, 0.25) is 17.7 Å². The molecule has 5 aromatic rings. The highest BCUT2D eigenvalue weighted by Gasteiger charge is 2.47. The first-order valence-electron chi connectivity index (χ1n) is 13.8. The maximum Gasteiger partial charge on any atom is 0.261 e. The zero-order valence-corrected chi connectivity index (χ0v) is 23.8. The third-order valence-electron chi connectivity index (χ3n) is 7.75. The lowest BCUT2D eigenvalue weighted by Crippen LogP contribution is -2.28. The van der Waals surface area contributed by atoms with Crippen LogP contribution in [0.15, 0.2) is 77.7 Å². The molecule has 0 radical (unpaired) electrons. The standard InChI is InChI=1S/C31H32N8O3/c1-31(24-13-14-24,29-35-27(42-37-29)22-15-34-39(17-22)18-26(40)38(2)3)23-11-9-21(10-12-23)25-16-33-30(32)36-28(25)41-19-20-7-5-4-6-8-20/h4-12,15-17,24H,13-14,18-19H2,1-3H3,(H2,32,33,36). The van der Waals surface area contributed by atoms with Crippen molar-refractivity contribution in [2.45, 2.75) is 38.3 Å². The predicted octanol–water partition coefficient (Wildman–Crippen LogP) is 4.36. The minimum absolute atomic E-state index is 0.0546. The summed E-state index contributed by atoms with van der Waals surface area (Å²) in [4.78, 5) is 27.0. The number of nitrogen functional groups attached to an aromatic ring is 1. The third-order valence-corrected chi connectivity index (χ3v) is 7.75. The van der Waals surface area contributed by atoms with Gasteiger partial charge in [0.05, 0.1) is 22.7 Å². The number of nitrogens with two attached hydrogens (primary N) is 1. The number of amides is 1. The molecular formula is C31H32N8O3. The van der Waals surface area contributed by atoms with Gasteiger partial charge in [0.1, 0.15) is 13.2 Å². The molecule has 11 heteroatoms. The topological polar surface area (TPSA) is 138 Å². The van der Waals surface area contributed by atoms with E-state index >= 15 is 0 Å². The van der Waals surface area contributed by atoms with Crippen LogP contribution in [0, 0.1) is 5.92 Å². The first-order chi connectivity index (χ1) is 20.3. The van der Waals surface area contributed by atoms with Crippen LogP contribution in [-0.2, 0) is 23.4 Å². The van der Waals surface area contributed by atoms with E-state index in [2.05, 4.69) is 39.3 Å². The lowest BCUT2D eigenvalue weighted by atomic mass is 9.76. The molecule has 1 unspecified atom stereocenters. The van der Waals surface area contributed by atoms with Crippen molar-refractivity contribution >= 4 is 11.9 Å². The zero-order valence-electron chi connectivity index (χ0n) is 23.8. The lowest BCUT2D eigenvalue weighted by Gasteiger charge is -2.27. The summed E-state index contributed by atoms with van der Waals surface area (Å²) in [5.41, 5.74) is 9.89. The predicted molar refractivity (Wildman–Crippen MR) is 156 cm³/mol. The second-order valence-electron chi connectivity index (χ2n) is 10.9. The summed E-state index contributed by atoms with van der Waals surface area (Å²) in [6.45, 7) is 2.67. The van der Waals surface area contributed by atoms with E-state index in [-0.39, 0.29) is 18.4 Å². The molecule has 0 spiro atoms. The van der Waals surface area contributed by atoms with Crippen LogP contribution >= 0.6 is 0 Å². The van der Waals surface area contributed by atoms with Crippen molar-refractivity contribution < 1.29 is 14.1 Å². The summed E-state index contributed by atoms with van der Waals surface area (Å²) in [5.74, 6) is 1.91. The molecule has 1 atom stereocenters. The van der Waals surface area contributed by atoms with E-state index < -0.39 is 5.41 Å². The Morgan fingerprint density at radius 3 is 2.55 bits per heavy atom. The van der Waals surface area contributed by atoms with Gasteiger partial charge >= 0.3 is 0 Å². The Labute approximate surface area is 243 Å². The smallest absolute Gasteiger partial charge is 0.261 e. The van der Waals surface area contributed by atoms with Gasteiger partial charge in [0, 0.05) is 26.5 Å². The molecule has 1 aliphatic carbocycles. The van der Waals surface area contributed by atoms with Crippen LogP contribution in [0.5, 0.6) is 5.88 Å². The molecule has 1 amide bonds. The van der Waals surface area contributed by atoms with E-state index in [9.17, 15) is 4.79 Å². The fourth-order valence-corrected chi connectivity index (χ4v) is 5.01. The van der Waals surface area contributed by atoms with Crippen LogP contribution < -0.4 is 10.5 Å². The average Bonchev–Trinajstić information content (AvgIpc) is 3.56. The van der Waals surface area contributed by atoms with Crippen molar-refractivity contribution in [3.63, 3.8) is 0 Å². The van der Waals surface area contributed by atoms with Gasteiger partial charge < -0.3 is 19.9 Å². The van der Waals surface area contributed by atoms with Crippen LogP contribution in [0.25, 0.3) is 22.6 Å². The van der Waals surface area contributed by atoms with Gasteiger partial charge in [-0.05, 0) is 42.4 Å². The van der Waals surface area contributed by atoms with Crippen LogP contribution in [0.3, 0.4) is 0 Å². The molecular weight excluding hydrogens is 532 g/mol. The van der Waals surface area contributed by atoms with Crippen molar-refractivity contribution in [2.75, 3.05) is 19.8 Å². The maximum absolute atomic E-state index is 12.1. The van der Waals surface area contributed by atoms with Gasteiger partial charge in [0.25, 0.3) is 5.89 Å². The Morgan fingerprint density at radius 2 is 1.83 bits per heavy atom. The molecule has 0 aliphatic heterocycles. The highest BCUT2D eigenvalue weighted by atomic mass is 16.5. The molecule has 214 valence electrons. The van der Waals surface area contributed by atoms with Crippen LogP contribution in [-0.4, -0.2) is 54.8 Å². The molecule has 1 fully saturated rings. The Kier molecular flexibility index (Phi) is 7.15. The number of aromatic nitrogens is 6. The molecule has 6 rings (SSSR count). The summed E-state index contributed by atoms with van der Waals surface area (Å²) < 4.78 is 13.3. The molecule has 0 bridgehead atoms. The summed E-state index contributed by atoms with van der Waals surface area (Å²) >= 11 is 0. The number of rotatable bonds is 10. The quantitative estimate of drug-likeness (QED) is 0.262. The number of hydrogen-bond acceptors (Lipinski definition) is 9. The third kappa shape index (κ3) is 5.45. The summed E-state index contributed by atoms with van der Waals surface area (Å²) in [6, 6.07) is 18.2. The van der Waals surface area contributed by atoms with Crippen molar-refractivity contribution in [3.8, 4) is 28.5 Å². The van der Waals surface area contributed by atoms with Crippen LogP contribution in [0.2, 0.25) is 0 Å². The van der Waals surface area contributed by atoms with Gasteiger partial charge in [-0.1, -0.05) is 59.8 Å². The Morgan fingerprint density at radius 1 is 1.07 bits per heavy atom. The van der Waals surface area contributed by atoms with Gasteiger partial charge in [0.15, 0.2) is 5.82 Å². The fraction of sp³-hybridized carbons (Fsp3) is 0.290. The van der Waals surface area contributed by atoms with E-state index in [4.69, 9.17) is 20.0 Å². The molecule has 1 aliphatic rings. The lowest BCUT2D eigenvalue weighted by molar-refractivity contribution is -0.129. The molecule has 0 saturated heterocycles. The van der Waals surface area contributed by atoms with Crippen molar-refractivity contribution in [3.05, 3.63) is 90.1 Å². The monoisotopic (exact) mass is 564 g/mol. The van der Waals surface area contributed by atoms with Gasteiger partial charge in [-0.15, -0.1) is 0 Å². The molecule has 11 nitrogen and oxygen atoms in total. The Balaban J connectivity index is 1.25. The Bertz CT molecular complexity index is 1690. The van der Waals surface area contributed by atoms with E-state index in [0.29, 0.717) is 35.7 Å². The summed E-state index contributed by atoms with van der Waals surface area (Å²) in [5, 5.41) is 8.69. The number of ether oxygens (including phenoxy) is 1. The van der Waals surface area contributed by atoms with Crippen molar-refractivity contribution in [1.29, 1.82) is 0 Å². The summed E-state index contributed by atoms with van der Waals surface area (Å²) in [6.07, 6.45) is 7.23. The SMILES string of the molecule is CN(C)C(=O)Cn1cc(-c2nc(C(C)(c3ccc(-c4cnc(N)nc4OCc4ccccc4)cc3)C3CC3)no2)cn1. The minimum atomic E-state index is -0.443. The van der Waals surface area contributed by atoms with Crippen molar-refractivity contribution in [2.24, 2.45) is 5.92 Å². The highest BCUT2D eigenvalue weighted by Crippen LogP contribution is 2.50. The fourth-order valence-electron chi connectivity index (χ4n) is 5.01. The van der Waals surface area contributed by atoms with Gasteiger partial charge in [-0.3, -0.25) is 9.48 Å². The van der Waals surface area contributed by atoms with Crippen LogP contribution in [0.1, 0.15) is 36.7 Å². The number of likely N-dealkylation sites (N-methyl/N-ethyl adjacent to an activating group) is 1. The normalized spacial score (nSPS) is 14.4. The first kappa shape index (κ1) is 27.1. The van der Waals surface area contributed by atoms with Crippen LogP contribution in [0.4, 0.5) is 5.95 Å². The van der Waals surface area contributed by atoms with E-state index in [0.717, 1.165) is 35.1 Å². The second kappa shape index (κ2) is 11.1. The molecule has 42 heavy (non-hydrogen) atoms. The van der Waals surface area contributed by atoms with E-state index in [1.54, 1.807) is 37.4 Å². The Hall–Kier alpha value is -5.06. The molecule has 3 heterocycles. The van der Waals surface area contributed by atoms with E-state index in [1.165, 1.54) is 4.90 Å². The number of nitrogens with zero attached hydrogens (tertiary/aromatic N) is 7. The van der Waals surface area contributed by atoms with E-state index in [1.807, 2.05) is 42.5 Å². The largest absolute Gasteiger partial charge is 0.472 e. The van der Waals surface area contributed by atoms with Crippen molar-refractivity contribution in [1.82, 2.24) is 34.8 Å². The average molecular weight is 565 g/mol. The minimum Gasteiger partial charge on any atom is -0.472 e. The number of carbonyl (C=O) groups excluding carboxylic acids is 1. The number of hydrogen-bond donors (Lipinski definition) is 1. The number of benzene rings is 2.